The monoisotopic (exact) mass is 360 g/mol. The predicted molar refractivity (Wildman–Crippen MR) is 98.4 cm³/mol. The number of benzene rings is 1. The van der Waals surface area contributed by atoms with Gasteiger partial charge in [0, 0.05) is 38.8 Å². The van der Waals surface area contributed by atoms with Crippen LogP contribution >= 0.6 is 11.6 Å². The first-order chi connectivity index (χ1) is 12.1. The van der Waals surface area contributed by atoms with Crippen LogP contribution in [0.3, 0.4) is 0 Å². The maximum Gasteiger partial charge on any atom is 0.274 e. The summed E-state index contributed by atoms with van der Waals surface area (Å²) in [6.45, 7) is 5.10. The van der Waals surface area contributed by atoms with Gasteiger partial charge in [-0.15, -0.1) is 0 Å². The molecule has 2 heterocycles. The van der Waals surface area contributed by atoms with Crippen molar-refractivity contribution in [2.45, 2.75) is 19.9 Å². The number of hydrogen-bond donors (Lipinski definition) is 0. The Kier molecular flexibility index (Phi) is 5.38. The molecule has 0 bridgehead atoms. The number of carbonyl (C=O) groups excluding carboxylic acids is 1. The van der Waals surface area contributed by atoms with Gasteiger partial charge in [-0.25, -0.2) is 4.68 Å². The summed E-state index contributed by atoms with van der Waals surface area (Å²) in [7, 11) is 0. The minimum absolute atomic E-state index is 0.135. The molecule has 25 heavy (non-hydrogen) atoms. The Hall–Kier alpha value is -2.34. The van der Waals surface area contributed by atoms with Gasteiger partial charge in [0.15, 0.2) is 0 Å². The first kappa shape index (κ1) is 17.5. The highest BCUT2D eigenvalue weighted by molar-refractivity contribution is 6.33. The second kappa shape index (κ2) is 7.70. The van der Waals surface area contributed by atoms with Crippen molar-refractivity contribution in [1.29, 1.82) is 0 Å². The number of piperazine rings is 1. The van der Waals surface area contributed by atoms with Crippen LogP contribution in [0.4, 0.5) is 5.69 Å². The fourth-order valence-corrected chi connectivity index (χ4v) is 3.21. The molecule has 0 radical (unpaired) electrons. The third-order valence-corrected chi connectivity index (χ3v) is 4.60. The average Bonchev–Trinajstić information content (AvgIpc) is 2.64. The molecule has 1 saturated heterocycles. The van der Waals surface area contributed by atoms with Gasteiger partial charge in [0.2, 0.25) is 0 Å². The van der Waals surface area contributed by atoms with Gasteiger partial charge in [-0.2, -0.15) is 5.10 Å². The number of hydrogen-bond acceptors (Lipinski definition) is 4. The van der Waals surface area contributed by atoms with Gasteiger partial charge < -0.3 is 9.80 Å². The lowest BCUT2D eigenvalue weighted by Gasteiger charge is -2.36. The van der Waals surface area contributed by atoms with E-state index in [9.17, 15) is 9.59 Å². The molecule has 0 spiro atoms. The molecule has 0 saturated carbocycles. The zero-order valence-electron chi connectivity index (χ0n) is 14.2. The van der Waals surface area contributed by atoms with Crippen LogP contribution in [-0.4, -0.2) is 46.8 Å². The molecule has 1 aliphatic rings. The average molecular weight is 361 g/mol. The molecule has 1 amide bonds. The van der Waals surface area contributed by atoms with E-state index < -0.39 is 0 Å². The van der Waals surface area contributed by atoms with E-state index in [1.54, 1.807) is 4.90 Å². The molecular weight excluding hydrogens is 340 g/mol. The van der Waals surface area contributed by atoms with Crippen LogP contribution in [0, 0.1) is 0 Å². The van der Waals surface area contributed by atoms with Crippen molar-refractivity contribution in [3.8, 4) is 0 Å². The number of nitrogens with zero attached hydrogens (tertiary/aromatic N) is 4. The van der Waals surface area contributed by atoms with Crippen molar-refractivity contribution in [2.24, 2.45) is 0 Å². The lowest BCUT2D eigenvalue weighted by Crippen LogP contribution is -2.49. The first-order valence-corrected chi connectivity index (χ1v) is 8.85. The van der Waals surface area contributed by atoms with Gasteiger partial charge in [0.25, 0.3) is 11.5 Å². The molecule has 1 fully saturated rings. The van der Waals surface area contributed by atoms with Gasteiger partial charge in [-0.05, 0) is 24.6 Å². The SMILES string of the molecule is CCCn1nc(C(=O)N2CCN(c3ccccc3Cl)CC2)ccc1=O. The molecule has 1 aliphatic heterocycles. The number of aromatic nitrogens is 2. The largest absolute Gasteiger partial charge is 0.367 e. The maximum atomic E-state index is 12.7. The fraction of sp³-hybridized carbons (Fsp3) is 0.389. The highest BCUT2D eigenvalue weighted by atomic mass is 35.5. The highest BCUT2D eigenvalue weighted by Crippen LogP contribution is 2.26. The molecule has 0 atom stereocenters. The summed E-state index contributed by atoms with van der Waals surface area (Å²) in [4.78, 5) is 28.4. The zero-order chi connectivity index (χ0) is 17.8. The topological polar surface area (TPSA) is 58.4 Å². The fourth-order valence-electron chi connectivity index (χ4n) is 2.96. The van der Waals surface area contributed by atoms with E-state index in [2.05, 4.69) is 10.00 Å². The van der Waals surface area contributed by atoms with Crippen molar-refractivity contribution in [3.05, 3.63) is 57.5 Å². The molecule has 0 N–H and O–H groups in total. The van der Waals surface area contributed by atoms with Crippen LogP contribution < -0.4 is 10.5 Å². The number of anilines is 1. The van der Waals surface area contributed by atoms with E-state index in [0.717, 1.165) is 17.1 Å². The smallest absolute Gasteiger partial charge is 0.274 e. The number of halogens is 1. The second-order valence-electron chi connectivity index (χ2n) is 6.01. The van der Waals surface area contributed by atoms with Crippen LogP contribution in [0.5, 0.6) is 0 Å². The Bertz CT molecular complexity index is 813. The molecule has 3 rings (SSSR count). The third kappa shape index (κ3) is 3.85. The normalized spacial score (nSPS) is 14.6. The molecule has 1 aromatic carbocycles. The maximum absolute atomic E-state index is 12.7. The zero-order valence-corrected chi connectivity index (χ0v) is 14.9. The Labute approximate surface area is 151 Å². The van der Waals surface area contributed by atoms with E-state index in [0.29, 0.717) is 38.4 Å². The van der Waals surface area contributed by atoms with Gasteiger partial charge in [-0.1, -0.05) is 30.7 Å². The summed E-state index contributed by atoms with van der Waals surface area (Å²) < 4.78 is 1.35. The second-order valence-corrected chi connectivity index (χ2v) is 6.42. The van der Waals surface area contributed by atoms with Gasteiger partial charge >= 0.3 is 0 Å². The minimum atomic E-state index is -0.179. The molecule has 7 heteroatoms. The summed E-state index contributed by atoms with van der Waals surface area (Å²) >= 11 is 6.25. The molecule has 1 aromatic heterocycles. The van der Waals surface area contributed by atoms with E-state index in [-0.39, 0.29) is 11.5 Å². The first-order valence-electron chi connectivity index (χ1n) is 8.47. The number of amides is 1. The number of para-hydroxylation sites is 1. The standard InChI is InChI=1S/C18H21ClN4O2/c1-2-9-23-17(24)8-7-15(20-23)18(25)22-12-10-21(11-13-22)16-6-4-3-5-14(16)19/h3-8H,2,9-13H2,1H3. The van der Waals surface area contributed by atoms with Crippen LogP contribution in [0.2, 0.25) is 5.02 Å². The van der Waals surface area contributed by atoms with Gasteiger partial charge in [0.05, 0.1) is 10.7 Å². The summed E-state index contributed by atoms with van der Waals surface area (Å²) in [5.41, 5.74) is 1.13. The summed E-state index contributed by atoms with van der Waals surface area (Å²) in [5.74, 6) is -0.135. The lowest BCUT2D eigenvalue weighted by atomic mass is 10.2. The van der Waals surface area contributed by atoms with Crippen LogP contribution in [0.25, 0.3) is 0 Å². The van der Waals surface area contributed by atoms with Gasteiger partial charge in [-0.3, -0.25) is 9.59 Å². The molecule has 0 aliphatic carbocycles. The predicted octanol–water partition coefficient (Wildman–Crippen LogP) is 2.27. The van der Waals surface area contributed by atoms with Crippen molar-refractivity contribution >= 4 is 23.2 Å². The Morgan fingerprint density at radius 1 is 1.12 bits per heavy atom. The summed E-state index contributed by atoms with van der Waals surface area (Å²) in [6, 6.07) is 10.6. The summed E-state index contributed by atoms with van der Waals surface area (Å²) in [6.07, 6.45) is 0.793. The molecule has 0 unspecified atom stereocenters. The minimum Gasteiger partial charge on any atom is -0.367 e. The molecule has 6 nitrogen and oxygen atoms in total. The number of rotatable bonds is 4. The molecular formula is C18H21ClN4O2. The van der Waals surface area contributed by atoms with Crippen LogP contribution in [0.15, 0.2) is 41.2 Å². The third-order valence-electron chi connectivity index (χ3n) is 4.28. The van der Waals surface area contributed by atoms with E-state index in [4.69, 9.17) is 11.6 Å². The molecule has 2 aromatic rings. The van der Waals surface area contributed by atoms with Gasteiger partial charge in [0.1, 0.15) is 5.69 Å². The van der Waals surface area contributed by atoms with E-state index in [1.807, 2.05) is 31.2 Å². The number of carbonyl (C=O) groups is 1. The quantitative estimate of drug-likeness (QED) is 0.839. The Morgan fingerprint density at radius 3 is 2.52 bits per heavy atom. The lowest BCUT2D eigenvalue weighted by molar-refractivity contribution is 0.0738. The van der Waals surface area contributed by atoms with E-state index in [1.165, 1.54) is 16.8 Å². The van der Waals surface area contributed by atoms with Crippen molar-refractivity contribution in [1.82, 2.24) is 14.7 Å². The molecule has 132 valence electrons. The summed E-state index contributed by atoms with van der Waals surface area (Å²) in [5, 5.41) is 4.92. The Morgan fingerprint density at radius 2 is 1.84 bits per heavy atom. The number of aryl methyl sites for hydroxylation is 1. The van der Waals surface area contributed by atoms with Crippen molar-refractivity contribution < 1.29 is 4.79 Å². The van der Waals surface area contributed by atoms with Crippen molar-refractivity contribution in [3.63, 3.8) is 0 Å². The Balaban J connectivity index is 1.69. The highest BCUT2D eigenvalue weighted by Gasteiger charge is 2.24. The van der Waals surface area contributed by atoms with Crippen LogP contribution in [0.1, 0.15) is 23.8 Å². The van der Waals surface area contributed by atoms with Crippen molar-refractivity contribution in [2.75, 3.05) is 31.1 Å². The van der Waals surface area contributed by atoms with E-state index >= 15 is 0 Å². The van der Waals surface area contributed by atoms with Crippen LogP contribution in [-0.2, 0) is 6.54 Å².